The van der Waals surface area contributed by atoms with E-state index in [1.807, 2.05) is 0 Å². The molecule has 0 saturated carbocycles. The van der Waals surface area contributed by atoms with E-state index < -0.39 is 80.9 Å². The Hall–Kier alpha value is -0.780. The van der Waals surface area contributed by atoms with E-state index in [0.717, 1.165) is 0 Å². The van der Waals surface area contributed by atoms with Crippen molar-refractivity contribution in [3.05, 3.63) is 12.7 Å². The third kappa shape index (κ3) is 5.97. The predicted molar refractivity (Wildman–Crippen MR) is 99.1 cm³/mol. The van der Waals surface area contributed by atoms with Crippen LogP contribution in [0.4, 0.5) is 0 Å². The van der Waals surface area contributed by atoms with Crippen molar-refractivity contribution in [1.29, 1.82) is 0 Å². The van der Waals surface area contributed by atoms with Gasteiger partial charge in [0.1, 0.15) is 49.3 Å². The molecule has 0 aliphatic carbocycles. The summed E-state index contributed by atoms with van der Waals surface area (Å²) in [5.41, 5.74) is 0. The van der Waals surface area contributed by atoms with Gasteiger partial charge < -0.3 is 64.5 Å². The minimum Gasteiger partial charge on any atom is -0.396 e. The summed E-state index contributed by atoms with van der Waals surface area (Å²) in [4.78, 5) is 0. The molecule has 31 heavy (non-hydrogen) atoms. The molecule has 0 aromatic carbocycles. The highest BCUT2D eigenvalue weighted by Gasteiger charge is 2.59. The molecule has 0 radical (unpaired) electrons. The molecule has 2 saturated heterocycles. The monoisotopic (exact) mass is 456 g/mol. The molecule has 2 aliphatic heterocycles. The van der Waals surface area contributed by atoms with Gasteiger partial charge in [-0.1, -0.05) is 6.08 Å². The highest BCUT2D eigenvalue weighted by atomic mass is 16.8. The van der Waals surface area contributed by atoms with Gasteiger partial charge in [0.25, 0.3) is 0 Å². The summed E-state index contributed by atoms with van der Waals surface area (Å²) >= 11 is 0. The molecule has 2 fully saturated rings. The second kappa shape index (κ2) is 11.9. The smallest absolute Gasteiger partial charge is 0.224 e. The molecule has 182 valence electrons. The summed E-state index contributed by atoms with van der Waals surface area (Å²) < 4.78 is 27.2. The summed E-state index contributed by atoms with van der Waals surface area (Å²) in [6.07, 6.45) is -12.4. The molecular formula is C18H32O13. The van der Waals surface area contributed by atoms with Crippen LogP contribution in [0.1, 0.15) is 6.42 Å². The molecule has 13 nitrogen and oxygen atoms in total. The Balaban J connectivity index is 2.23. The zero-order chi connectivity index (χ0) is 23.2. The lowest BCUT2D eigenvalue weighted by Crippen LogP contribution is -2.63. The maximum atomic E-state index is 10.6. The quantitative estimate of drug-likeness (QED) is 0.103. The normalized spacial score (nSPS) is 41.9. The van der Waals surface area contributed by atoms with E-state index in [-0.39, 0.29) is 19.6 Å². The highest BCUT2D eigenvalue weighted by molar-refractivity contribution is 4.99. The van der Waals surface area contributed by atoms with Crippen LogP contribution in [-0.2, 0) is 23.7 Å². The fourth-order valence-corrected chi connectivity index (χ4v) is 3.32. The number of rotatable bonds is 12. The van der Waals surface area contributed by atoms with Crippen molar-refractivity contribution < 1.29 is 64.5 Å². The molecule has 10 atom stereocenters. The van der Waals surface area contributed by atoms with Crippen LogP contribution < -0.4 is 0 Å². The number of ether oxygens (including phenoxy) is 5. The lowest BCUT2D eigenvalue weighted by molar-refractivity contribution is -0.390. The van der Waals surface area contributed by atoms with E-state index >= 15 is 0 Å². The molecule has 2 heterocycles. The fraction of sp³-hybridized carbons (Fsp3) is 0.889. The average molecular weight is 456 g/mol. The largest absolute Gasteiger partial charge is 0.396 e. The molecular weight excluding hydrogens is 424 g/mol. The third-order valence-electron chi connectivity index (χ3n) is 5.09. The van der Waals surface area contributed by atoms with E-state index in [4.69, 9.17) is 23.7 Å². The molecule has 8 N–H and O–H groups in total. The highest BCUT2D eigenvalue weighted by Crippen LogP contribution is 2.37. The lowest BCUT2D eigenvalue weighted by atomic mass is 9.99. The van der Waals surface area contributed by atoms with Crippen molar-refractivity contribution in [2.45, 2.75) is 67.5 Å². The van der Waals surface area contributed by atoms with Crippen LogP contribution in [0.5, 0.6) is 0 Å². The average Bonchev–Trinajstić information content (AvgIpc) is 3.01. The molecule has 0 aromatic heterocycles. The fourth-order valence-electron chi connectivity index (χ4n) is 3.32. The number of aliphatic hydroxyl groups is 8. The SMILES string of the molecule is C=CCOC(CCO)OC[C@@]1(O[C@H]2O[C@H](CO)[C@@H](O)[C@H](O)[C@H]2O)O[C@H](CO)[C@@H](O)[C@@H]1O. The van der Waals surface area contributed by atoms with E-state index in [1.54, 1.807) is 0 Å². The van der Waals surface area contributed by atoms with Gasteiger partial charge in [-0.05, 0) is 0 Å². The molecule has 0 spiro atoms. The minimum atomic E-state index is -2.20. The maximum absolute atomic E-state index is 10.6. The minimum absolute atomic E-state index is 0.0338. The van der Waals surface area contributed by atoms with Crippen LogP contribution in [0.2, 0.25) is 0 Å². The summed E-state index contributed by atoms with van der Waals surface area (Å²) in [7, 11) is 0. The molecule has 13 heteroatoms. The second-order valence-corrected chi connectivity index (χ2v) is 7.28. The first-order chi connectivity index (χ1) is 14.7. The molecule has 2 aliphatic rings. The molecule has 2 rings (SSSR count). The standard InChI is InChI=1S/C18H32O13/c1-2-5-27-11(3-4-19)28-8-18(16(26)13(23)10(7-21)30-18)31-17-15(25)14(24)12(22)9(6-20)29-17/h2,9-17,19-26H,1,3-8H2/t9-,10-,11?,12-,13-,14+,15-,16+,17-,18+/m1/s1. The summed E-state index contributed by atoms with van der Waals surface area (Å²) in [6.45, 7) is 1.26. The Labute approximate surface area is 178 Å². The van der Waals surface area contributed by atoms with Crippen LogP contribution in [0.15, 0.2) is 12.7 Å². The number of hydrogen-bond acceptors (Lipinski definition) is 13. The Morgan fingerprint density at radius 2 is 1.58 bits per heavy atom. The first-order valence-corrected chi connectivity index (χ1v) is 9.82. The zero-order valence-electron chi connectivity index (χ0n) is 16.8. The van der Waals surface area contributed by atoms with Gasteiger partial charge in [0.05, 0.1) is 19.8 Å². The lowest BCUT2D eigenvalue weighted by Gasteiger charge is -2.43. The molecule has 0 bridgehead atoms. The van der Waals surface area contributed by atoms with Crippen LogP contribution >= 0.6 is 0 Å². The number of hydrogen-bond donors (Lipinski definition) is 8. The molecule has 1 unspecified atom stereocenters. The van der Waals surface area contributed by atoms with Crippen LogP contribution in [0.3, 0.4) is 0 Å². The Morgan fingerprint density at radius 3 is 2.13 bits per heavy atom. The van der Waals surface area contributed by atoms with E-state index in [1.165, 1.54) is 6.08 Å². The van der Waals surface area contributed by atoms with E-state index in [2.05, 4.69) is 6.58 Å². The topological polar surface area (TPSA) is 208 Å². The zero-order valence-corrected chi connectivity index (χ0v) is 16.8. The van der Waals surface area contributed by atoms with Gasteiger partial charge in [0.2, 0.25) is 5.79 Å². The molecule has 0 amide bonds. The van der Waals surface area contributed by atoms with Crippen LogP contribution in [-0.4, -0.2) is 135 Å². The third-order valence-corrected chi connectivity index (χ3v) is 5.09. The van der Waals surface area contributed by atoms with Gasteiger partial charge in [0, 0.05) is 13.0 Å². The van der Waals surface area contributed by atoms with Crippen molar-refractivity contribution in [1.82, 2.24) is 0 Å². The van der Waals surface area contributed by atoms with Crippen molar-refractivity contribution in [3.63, 3.8) is 0 Å². The van der Waals surface area contributed by atoms with Crippen LogP contribution in [0.25, 0.3) is 0 Å². The summed E-state index contributed by atoms with van der Waals surface area (Å²) in [5, 5.41) is 78.9. The van der Waals surface area contributed by atoms with Crippen molar-refractivity contribution >= 4 is 0 Å². The van der Waals surface area contributed by atoms with Crippen molar-refractivity contribution in [2.75, 3.05) is 33.0 Å². The Kier molecular flexibility index (Phi) is 10.2. The molecule has 0 aromatic rings. The van der Waals surface area contributed by atoms with Gasteiger partial charge in [-0.3, -0.25) is 0 Å². The number of aliphatic hydroxyl groups excluding tert-OH is 8. The Morgan fingerprint density at radius 1 is 0.903 bits per heavy atom. The summed E-state index contributed by atoms with van der Waals surface area (Å²) in [5.74, 6) is -2.20. The predicted octanol–water partition coefficient (Wildman–Crippen LogP) is -4.46. The van der Waals surface area contributed by atoms with Crippen LogP contribution in [0, 0.1) is 0 Å². The van der Waals surface area contributed by atoms with Gasteiger partial charge in [-0.15, -0.1) is 6.58 Å². The maximum Gasteiger partial charge on any atom is 0.224 e. The second-order valence-electron chi connectivity index (χ2n) is 7.28. The Bertz CT molecular complexity index is 549. The van der Waals surface area contributed by atoms with Gasteiger partial charge in [-0.2, -0.15) is 0 Å². The first kappa shape index (κ1) is 26.5. The van der Waals surface area contributed by atoms with Crippen molar-refractivity contribution in [2.24, 2.45) is 0 Å². The van der Waals surface area contributed by atoms with Gasteiger partial charge in [0.15, 0.2) is 12.6 Å². The van der Waals surface area contributed by atoms with E-state index in [9.17, 15) is 40.9 Å². The summed E-state index contributed by atoms with van der Waals surface area (Å²) in [6, 6.07) is 0. The first-order valence-electron chi connectivity index (χ1n) is 9.82. The van der Waals surface area contributed by atoms with E-state index in [0.29, 0.717) is 0 Å². The van der Waals surface area contributed by atoms with Crippen molar-refractivity contribution in [3.8, 4) is 0 Å². The van der Waals surface area contributed by atoms with Gasteiger partial charge in [-0.25, -0.2) is 0 Å². The van der Waals surface area contributed by atoms with Gasteiger partial charge >= 0.3 is 0 Å².